The number of aromatic hydroxyl groups is 1. The van der Waals surface area contributed by atoms with Crippen molar-refractivity contribution in [3.8, 4) is 5.75 Å². The minimum Gasteiger partial charge on any atom is -0.508 e. The topological polar surface area (TPSA) is 57.6 Å². The Hall–Kier alpha value is -2.39. The van der Waals surface area contributed by atoms with Gasteiger partial charge in [0.1, 0.15) is 11.6 Å². The Balaban J connectivity index is 1.26. The molecule has 0 spiro atoms. The number of hydrogen-bond donors (Lipinski definition) is 1. The van der Waals surface area contributed by atoms with Crippen LogP contribution in [0, 0.1) is 5.82 Å². The van der Waals surface area contributed by atoms with Gasteiger partial charge < -0.3 is 10.0 Å². The highest BCUT2D eigenvalue weighted by Gasteiger charge is 2.30. The quantitative estimate of drug-likeness (QED) is 0.173. The van der Waals surface area contributed by atoms with Gasteiger partial charge in [0.2, 0.25) is 0 Å². The monoisotopic (exact) mass is 609 g/mol. The molecule has 2 aromatic carbocycles. The van der Waals surface area contributed by atoms with E-state index < -0.39 is 28.2 Å². The molecule has 232 valence electrons. The molecule has 42 heavy (non-hydrogen) atoms. The highest BCUT2D eigenvalue weighted by atomic mass is 32.2. The van der Waals surface area contributed by atoms with E-state index in [2.05, 4.69) is 4.90 Å². The molecule has 1 aliphatic carbocycles. The van der Waals surface area contributed by atoms with Gasteiger partial charge in [0.25, 0.3) is 0 Å². The number of fused-ring (bicyclic) bond motifs is 1. The summed E-state index contributed by atoms with van der Waals surface area (Å²) in [4.78, 5) is 2.41. The lowest BCUT2D eigenvalue weighted by atomic mass is 9.89. The molecular weight excluding hydrogens is 566 g/mol. The maximum Gasteiger partial charge on any atom is 0.390 e. The highest BCUT2D eigenvalue weighted by Crippen LogP contribution is 2.40. The third-order valence-electron chi connectivity index (χ3n) is 8.66. The van der Waals surface area contributed by atoms with Gasteiger partial charge in [0.15, 0.2) is 9.84 Å². The largest absolute Gasteiger partial charge is 0.508 e. The Morgan fingerprint density at radius 3 is 2.48 bits per heavy atom. The average molecular weight is 610 g/mol. The van der Waals surface area contributed by atoms with Gasteiger partial charge in [-0.3, -0.25) is 0 Å². The lowest BCUT2D eigenvalue weighted by Gasteiger charge is -2.24. The van der Waals surface area contributed by atoms with Crippen molar-refractivity contribution in [2.75, 3.05) is 24.6 Å². The maximum absolute atomic E-state index is 14.9. The van der Waals surface area contributed by atoms with Crippen molar-refractivity contribution in [3.63, 3.8) is 0 Å². The molecular formula is C33H43F4NO3S. The van der Waals surface area contributed by atoms with Crippen LogP contribution >= 0.6 is 0 Å². The summed E-state index contributed by atoms with van der Waals surface area (Å²) < 4.78 is 76.0. The van der Waals surface area contributed by atoms with Crippen LogP contribution in [0.1, 0.15) is 93.7 Å². The number of rotatable bonds is 14. The van der Waals surface area contributed by atoms with Crippen molar-refractivity contribution in [1.82, 2.24) is 4.90 Å². The molecule has 1 unspecified atom stereocenters. The van der Waals surface area contributed by atoms with Crippen molar-refractivity contribution < 1.29 is 31.1 Å². The summed E-state index contributed by atoms with van der Waals surface area (Å²) >= 11 is 0. The van der Waals surface area contributed by atoms with Gasteiger partial charge in [0, 0.05) is 11.6 Å². The van der Waals surface area contributed by atoms with E-state index in [-0.39, 0.29) is 17.3 Å². The van der Waals surface area contributed by atoms with Crippen LogP contribution in [0.15, 0.2) is 42.5 Å². The van der Waals surface area contributed by atoms with Gasteiger partial charge in [0.05, 0.1) is 17.9 Å². The molecule has 4 nitrogen and oxygen atoms in total. The van der Waals surface area contributed by atoms with Crippen molar-refractivity contribution >= 4 is 21.0 Å². The van der Waals surface area contributed by atoms with E-state index in [1.54, 1.807) is 12.1 Å². The van der Waals surface area contributed by atoms with Crippen LogP contribution in [-0.2, 0) is 16.3 Å². The Labute approximate surface area is 247 Å². The van der Waals surface area contributed by atoms with Crippen molar-refractivity contribution in [3.05, 3.63) is 65.0 Å². The van der Waals surface area contributed by atoms with Crippen molar-refractivity contribution in [2.24, 2.45) is 0 Å². The molecule has 1 heterocycles. The van der Waals surface area contributed by atoms with Crippen LogP contribution in [0.2, 0.25) is 0 Å². The molecule has 0 bridgehead atoms. The first-order valence-electron chi connectivity index (χ1n) is 15.3. The minimum absolute atomic E-state index is 0.180. The molecule has 2 aliphatic rings. The molecule has 1 saturated heterocycles. The summed E-state index contributed by atoms with van der Waals surface area (Å²) in [6.07, 6.45) is 4.95. The van der Waals surface area contributed by atoms with Crippen LogP contribution in [0.5, 0.6) is 5.75 Å². The number of sulfone groups is 1. The van der Waals surface area contributed by atoms with E-state index in [4.69, 9.17) is 0 Å². The van der Waals surface area contributed by atoms with Gasteiger partial charge in [-0.15, -0.1) is 0 Å². The number of likely N-dealkylation sites (tertiary alicyclic amines) is 1. The number of hydrogen-bond acceptors (Lipinski definition) is 4. The number of aryl methyl sites for hydroxylation is 1. The third kappa shape index (κ3) is 9.56. The van der Waals surface area contributed by atoms with E-state index in [1.807, 2.05) is 24.3 Å². The zero-order valence-corrected chi connectivity index (χ0v) is 25.1. The van der Waals surface area contributed by atoms with E-state index >= 15 is 0 Å². The number of allylic oxidation sites excluding steroid dienone is 2. The molecule has 0 radical (unpaired) electrons. The minimum atomic E-state index is -4.45. The predicted molar refractivity (Wildman–Crippen MR) is 160 cm³/mol. The second kappa shape index (κ2) is 14.9. The van der Waals surface area contributed by atoms with E-state index in [1.165, 1.54) is 11.6 Å². The lowest BCUT2D eigenvalue weighted by Crippen LogP contribution is -2.31. The summed E-state index contributed by atoms with van der Waals surface area (Å²) in [6, 6.07) is 12.8. The van der Waals surface area contributed by atoms with Crippen molar-refractivity contribution in [2.45, 2.75) is 95.7 Å². The normalized spacial score (nSPS) is 18.3. The predicted octanol–water partition coefficient (Wildman–Crippen LogP) is 8.34. The molecule has 1 fully saturated rings. The standard InChI is InChI=1S/C33H43F4NO3S/c34-32-16-5-4-14-31(32)30-15-7-10-25-24-27(39)17-18-28(25)29(30)13-3-1-2-6-20-38-21-8-11-26(38)12-9-22-42(40,41)23-19-33(35,36)37/h4-5,14,16-18,24,26,39H,1-3,6-13,15,19-23H2. The zero-order chi connectivity index (χ0) is 30.2. The summed E-state index contributed by atoms with van der Waals surface area (Å²) in [5.41, 5.74) is 5.14. The Morgan fingerprint density at radius 2 is 1.69 bits per heavy atom. The molecule has 1 atom stereocenters. The Kier molecular flexibility index (Phi) is 11.5. The Bertz CT molecular complexity index is 1320. The van der Waals surface area contributed by atoms with Crippen LogP contribution in [-0.4, -0.2) is 55.2 Å². The van der Waals surface area contributed by atoms with Gasteiger partial charge >= 0.3 is 6.18 Å². The number of nitrogens with zero attached hydrogens (tertiary/aromatic N) is 1. The summed E-state index contributed by atoms with van der Waals surface area (Å²) in [7, 11) is -3.68. The molecule has 0 saturated carbocycles. The first-order valence-corrected chi connectivity index (χ1v) is 17.1. The van der Waals surface area contributed by atoms with Crippen molar-refractivity contribution in [1.29, 1.82) is 0 Å². The fourth-order valence-electron chi connectivity index (χ4n) is 6.54. The number of phenols is 1. The number of phenolic OH excluding ortho intramolecular Hbond substituents is 1. The van der Waals surface area contributed by atoms with Crippen LogP contribution in [0.4, 0.5) is 17.6 Å². The molecule has 1 N–H and O–H groups in total. The molecule has 9 heteroatoms. The number of alkyl halides is 3. The SMILES string of the molecule is O=S(=O)(CCCC1CCCN1CCCCCCC1=C(c2ccccc2F)CCCc2cc(O)ccc21)CCC(F)(F)F. The second-order valence-corrected chi connectivity index (χ2v) is 14.1. The van der Waals surface area contributed by atoms with Crippen LogP contribution in [0.3, 0.4) is 0 Å². The third-order valence-corrected chi connectivity index (χ3v) is 10.4. The first kappa shape index (κ1) is 32.5. The zero-order valence-electron chi connectivity index (χ0n) is 24.3. The molecule has 2 aromatic rings. The number of benzene rings is 2. The number of unbranched alkanes of at least 4 members (excludes halogenated alkanes) is 3. The van der Waals surface area contributed by atoms with Gasteiger partial charge in [-0.05, 0) is 118 Å². The summed E-state index contributed by atoms with van der Waals surface area (Å²) in [6.45, 7) is 1.92. The lowest BCUT2D eigenvalue weighted by molar-refractivity contribution is -0.129. The van der Waals surface area contributed by atoms with Gasteiger partial charge in [-0.25, -0.2) is 12.8 Å². The van der Waals surface area contributed by atoms with E-state index in [0.29, 0.717) is 24.4 Å². The fourth-order valence-corrected chi connectivity index (χ4v) is 7.89. The maximum atomic E-state index is 14.9. The van der Waals surface area contributed by atoms with Crippen LogP contribution in [0.25, 0.3) is 11.1 Å². The van der Waals surface area contributed by atoms with Gasteiger partial charge in [-0.1, -0.05) is 37.1 Å². The number of halogens is 4. The summed E-state index contributed by atoms with van der Waals surface area (Å²) in [5.74, 6) is -0.949. The summed E-state index contributed by atoms with van der Waals surface area (Å²) in [5, 5.41) is 10.1. The first-order chi connectivity index (χ1) is 20.0. The fraction of sp³-hybridized carbons (Fsp3) is 0.576. The van der Waals surface area contributed by atoms with E-state index in [9.17, 15) is 31.1 Å². The molecule has 0 aromatic heterocycles. The van der Waals surface area contributed by atoms with Gasteiger partial charge in [-0.2, -0.15) is 13.2 Å². The highest BCUT2D eigenvalue weighted by molar-refractivity contribution is 7.91. The Morgan fingerprint density at radius 1 is 0.905 bits per heavy atom. The second-order valence-electron chi connectivity index (χ2n) is 11.8. The smallest absolute Gasteiger partial charge is 0.390 e. The van der Waals surface area contributed by atoms with E-state index in [0.717, 1.165) is 94.0 Å². The molecule has 0 amide bonds. The molecule has 1 aliphatic heterocycles. The molecule has 4 rings (SSSR count). The average Bonchev–Trinajstić information content (AvgIpc) is 3.30. The van der Waals surface area contributed by atoms with Crippen LogP contribution < -0.4 is 0 Å².